The molecular formula is C14H21NO3. The van der Waals surface area contributed by atoms with Gasteiger partial charge >= 0.3 is 0 Å². The monoisotopic (exact) mass is 251 g/mol. The molecule has 0 aliphatic rings. The summed E-state index contributed by atoms with van der Waals surface area (Å²) in [6, 6.07) is 5.92. The smallest absolute Gasteiger partial charge is 0.258 e. The molecule has 1 aromatic carbocycles. The summed E-state index contributed by atoms with van der Waals surface area (Å²) < 4.78 is 10.5. The number of methoxy groups -OCH3 is 1. The van der Waals surface area contributed by atoms with Crippen molar-refractivity contribution in [1.82, 2.24) is 5.32 Å². The van der Waals surface area contributed by atoms with Crippen LogP contribution < -0.4 is 10.1 Å². The molecule has 18 heavy (non-hydrogen) atoms. The van der Waals surface area contributed by atoms with Crippen LogP contribution in [0.4, 0.5) is 0 Å². The van der Waals surface area contributed by atoms with Gasteiger partial charge in [-0.2, -0.15) is 0 Å². The maximum atomic E-state index is 11.6. The van der Waals surface area contributed by atoms with E-state index in [1.165, 1.54) is 0 Å². The van der Waals surface area contributed by atoms with E-state index in [9.17, 15) is 4.79 Å². The molecule has 4 heteroatoms. The average molecular weight is 251 g/mol. The minimum Gasteiger partial charge on any atom is -0.483 e. The van der Waals surface area contributed by atoms with Gasteiger partial charge in [-0.1, -0.05) is 12.1 Å². The Kier molecular flexibility index (Phi) is 5.65. The Labute approximate surface area is 108 Å². The molecule has 1 aromatic rings. The molecule has 1 N–H and O–H groups in total. The first kappa shape index (κ1) is 14.5. The fraction of sp³-hybridized carbons (Fsp3) is 0.500. The second kappa shape index (κ2) is 7.01. The SMILES string of the molecule is COC[C@H](C)NC(=O)COc1cc(C)ccc1C. The van der Waals surface area contributed by atoms with E-state index in [0.717, 1.165) is 16.9 Å². The molecule has 0 spiro atoms. The molecule has 4 nitrogen and oxygen atoms in total. The first-order valence-corrected chi connectivity index (χ1v) is 6.01. The van der Waals surface area contributed by atoms with Crippen LogP contribution in [-0.2, 0) is 9.53 Å². The van der Waals surface area contributed by atoms with Crippen molar-refractivity contribution in [2.75, 3.05) is 20.3 Å². The summed E-state index contributed by atoms with van der Waals surface area (Å²) in [6.45, 7) is 6.36. The van der Waals surface area contributed by atoms with Crippen molar-refractivity contribution in [3.8, 4) is 5.75 Å². The van der Waals surface area contributed by atoms with Gasteiger partial charge in [0.15, 0.2) is 6.61 Å². The highest BCUT2D eigenvalue weighted by molar-refractivity contribution is 5.77. The minimum atomic E-state index is -0.138. The van der Waals surface area contributed by atoms with Gasteiger partial charge in [-0.25, -0.2) is 0 Å². The predicted octanol–water partition coefficient (Wildman–Crippen LogP) is 1.83. The Bertz CT molecular complexity index is 404. The largest absolute Gasteiger partial charge is 0.483 e. The highest BCUT2D eigenvalue weighted by Crippen LogP contribution is 2.18. The zero-order valence-corrected chi connectivity index (χ0v) is 11.4. The molecule has 0 aromatic heterocycles. The van der Waals surface area contributed by atoms with Gasteiger partial charge in [0.05, 0.1) is 6.61 Å². The van der Waals surface area contributed by atoms with Gasteiger partial charge in [-0.15, -0.1) is 0 Å². The number of rotatable bonds is 6. The molecule has 0 radical (unpaired) electrons. The molecule has 100 valence electrons. The lowest BCUT2D eigenvalue weighted by molar-refractivity contribution is -0.124. The normalized spacial score (nSPS) is 12.0. The van der Waals surface area contributed by atoms with Gasteiger partial charge < -0.3 is 14.8 Å². The summed E-state index contributed by atoms with van der Waals surface area (Å²) in [5.41, 5.74) is 2.14. The molecule has 0 heterocycles. The van der Waals surface area contributed by atoms with Crippen molar-refractivity contribution in [2.45, 2.75) is 26.8 Å². The third-order valence-corrected chi connectivity index (χ3v) is 2.53. The predicted molar refractivity (Wildman–Crippen MR) is 70.9 cm³/mol. The van der Waals surface area contributed by atoms with E-state index >= 15 is 0 Å². The second-order valence-corrected chi connectivity index (χ2v) is 4.48. The Balaban J connectivity index is 2.45. The van der Waals surface area contributed by atoms with Crippen LogP contribution in [0.2, 0.25) is 0 Å². The second-order valence-electron chi connectivity index (χ2n) is 4.48. The molecule has 0 bridgehead atoms. The Morgan fingerprint density at radius 3 is 2.78 bits per heavy atom. The molecule has 1 rings (SSSR count). The summed E-state index contributed by atoms with van der Waals surface area (Å²) in [5, 5.41) is 2.80. The molecule has 1 atom stereocenters. The van der Waals surface area contributed by atoms with E-state index in [1.54, 1.807) is 7.11 Å². The number of hydrogen-bond donors (Lipinski definition) is 1. The van der Waals surface area contributed by atoms with E-state index in [-0.39, 0.29) is 18.6 Å². The van der Waals surface area contributed by atoms with Gasteiger partial charge in [-0.05, 0) is 38.0 Å². The molecule has 0 unspecified atom stereocenters. The van der Waals surface area contributed by atoms with Crippen molar-refractivity contribution in [1.29, 1.82) is 0 Å². The fourth-order valence-corrected chi connectivity index (χ4v) is 1.61. The highest BCUT2D eigenvalue weighted by Gasteiger charge is 2.08. The fourth-order valence-electron chi connectivity index (χ4n) is 1.61. The first-order chi connectivity index (χ1) is 8.52. The van der Waals surface area contributed by atoms with Crippen molar-refractivity contribution in [2.24, 2.45) is 0 Å². The first-order valence-electron chi connectivity index (χ1n) is 6.01. The van der Waals surface area contributed by atoms with E-state index in [4.69, 9.17) is 9.47 Å². The van der Waals surface area contributed by atoms with Gasteiger partial charge in [0.1, 0.15) is 5.75 Å². The van der Waals surface area contributed by atoms with E-state index in [1.807, 2.05) is 39.0 Å². The van der Waals surface area contributed by atoms with Crippen molar-refractivity contribution < 1.29 is 14.3 Å². The zero-order valence-electron chi connectivity index (χ0n) is 11.4. The third-order valence-electron chi connectivity index (χ3n) is 2.53. The standard InChI is InChI=1S/C14H21NO3/c1-10-5-6-11(2)13(7-10)18-9-14(16)15-12(3)8-17-4/h5-7,12H,8-9H2,1-4H3,(H,15,16)/t12-/m0/s1. The summed E-state index contributed by atoms with van der Waals surface area (Å²) in [7, 11) is 1.61. The molecule has 1 amide bonds. The van der Waals surface area contributed by atoms with E-state index in [0.29, 0.717) is 6.61 Å². The van der Waals surface area contributed by atoms with Crippen LogP contribution in [0.25, 0.3) is 0 Å². The van der Waals surface area contributed by atoms with Crippen molar-refractivity contribution >= 4 is 5.91 Å². The van der Waals surface area contributed by atoms with Crippen molar-refractivity contribution in [3.05, 3.63) is 29.3 Å². The molecule has 0 saturated carbocycles. The number of amides is 1. The number of carbonyl (C=O) groups excluding carboxylic acids is 1. The highest BCUT2D eigenvalue weighted by atomic mass is 16.5. The quantitative estimate of drug-likeness (QED) is 0.839. The maximum Gasteiger partial charge on any atom is 0.258 e. The van der Waals surface area contributed by atoms with Crippen LogP contribution in [-0.4, -0.2) is 32.3 Å². The third kappa shape index (κ3) is 4.75. The molecule has 0 saturated heterocycles. The van der Waals surface area contributed by atoms with Gasteiger partial charge in [0.2, 0.25) is 0 Å². The lowest BCUT2D eigenvalue weighted by Crippen LogP contribution is -2.38. The van der Waals surface area contributed by atoms with E-state index in [2.05, 4.69) is 5.32 Å². The van der Waals surface area contributed by atoms with Crippen LogP contribution in [0.1, 0.15) is 18.1 Å². The van der Waals surface area contributed by atoms with Crippen LogP contribution in [0.15, 0.2) is 18.2 Å². The molecular weight excluding hydrogens is 230 g/mol. The Morgan fingerprint density at radius 1 is 1.39 bits per heavy atom. The number of carbonyl (C=O) groups is 1. The zero-order chi connectivity index (χ0) is 13.5. The van der Waals surface area contributed by atoms with Crippen molar-refractivity contribution in [3.63, 3.8) is 0 Å². The summed E-state index contributed by atoms with van der Waals surface area (Å²) in [5.74, 6) is 0.616. The minimum absolute atomic E-state index is 0.00953. The van der Waals surface area contributed by atoms with E-state index < -0.39 is 0 Å². The molecule has 0 fully saturated rings. The number of ether oxygens (including phenoxy) is 2. The van der Waals surface area contributed by atoms with Crippen LogP contribution in [0.3, 0.4) is 0 Å². The number of nitrogens with one attached hydrogen (secondary N) is 1. The van der Waals surface area contributed by atoms with Crippen LogP contribution in [0.5, 0.6) is 5.75 Å². The lowest BCUT2D eigenvalue weighted by Gasteiger charge is -2.14. The number of aryl methyl sites for hydroxylation is 2. The summed E-state index contributed by atoms with van der Waals surface area (Å²) >= 11 is 0. The van der Waals surface area contributed by atoms with Crippen LogP contribution >= 0.6 is 0 Å². The molecule has 0 aliphatic heterocycles. The summed E-state index contributed by atoms with van der Waals surface area (Å²) in [6.07, 6.45) is 0. The maximum absolute atomic E-state index is 11.6. The Hall–Kier alpha value is -1.55. The van der Waals surface area contributed by atoms with Crippen LogP contribution in [0, 0.1) is 13.8 Å². The van der Waals surface area contributed by atoms with Gasteiger partial charge in [-0.3, -0.25) is 4.79 Å². The lowest BCUT2D eigenvalue weighted by atomic mass is 10.1. The average Bonchev–Trinajstić information content (AvgIpc) is 2.30. The number of hydrogen-bond acceptors (Lipinski definition) is 3. The summed E-state index contributed by atoms with van der Waals surface area (Å²) in [4.78, 5) is 11.6. The van der Waals surface area contributed by atoms with Gasteiger partial charge in [0.25, 0.3) is 5.91 Å². The number of benzene rings is 1. The molecule has 0 aliphatic carbocycles. The topological polar surface area (TPSA) is 47.6 Å². The van der Waals surface area contributed by atoms with Gasteiger partial charge in [0, 0.05) is 13.2 Å². The Morgan fingerprint density at radius 2 is 2.11 bits per heavy atom.